The third-order valence-corrected chi connectivity index (χ3v) is 6.74. The van der Waals surface area contributed by atoms with E-state index in [9.17, 15) is 13.2 Å². The summed E-state index contributed by atoms with van der Waals surface area (Å²) in [7, 11) is 0. The molecule has 1 N–H and O–H groups in total. The van der Waals surface area contributed by atoms with Crippen LogP contribution in [0.3, 0.4) is 0 Å². The van der Waals surface area contributed by atoms with Gasteiger partial charge in [0.05, 0.1) is 18.2 Å². The molecule has 4 rings (SSSR count). The molecule has 1 aliphatic heterocycles. The number of ether oxygens (including phenoxy) is 1. The maximum Gasteiger partial charge on any atom is 0.433 e. The summed E-state index contributed by atoms with van der Waals surface area (Å²) in [6.07, 6.45) is -2.51. The number of nitrogens with zero attached hydrogens (tertiary/aromatic N) is 5. The van der Waals surface area contributed by atoms with Crippen LogP contribution in [-0.4, -0.2) is 47.1 Å². The Morgan fingerprint density at radius 3 is 2.35 bits per heavy atom. The molecule has 0 bridgehead atoms. The summed E-state index contributed by atoms with van der Waals surface area (Å²) < 4.78 is 48.6. The van der Waals surface area contributed by atoms with Crippen molar-refractivity contribution in [3.8, 4) is 11.8 Å². The number of hydrogen-bond acceptors (Lipinski definition) is 8. The van der Waals surface area contributed by atoms with Crippen LogP contribution in [0.2, 0.25) is 0 Å². The van der Waals surface area contributed by atoms with Crippen LogP contribution in [0.1, 0.15) is 31.0 Å². The smallest absolute Gasteiger partial charge is 0.433 e. The monoisotopic (exact) mass is 528 g/mol. The van der Waals surface area contributed by atoms with Gasteiger partial charge in [-0.2, -0.15) is 23.4 Å². The Hall–Kier alpha value is -3.49. The molecule has 0 spiro atoms. The molecule has 11 heteroatoms. The first-order chi connectivity index (χ1) is 17.8. The number of halogens is 3. The van der Waals surface area contributed by atoms with Crippen LogP contribution < -0.4 is 15.0 Å². The van der Waals surface area contributed by atoms with Gasteiger partial charge in [-0.05, 0) is 66.9 Å². The Bertz CT molecular complexity index is 1210. The average Bonchev–Trinajstić information content (AvgIpc) is 2.90. The highest BCUT2D eigenvalue weighted by Crippen LogP contribution is 2.32. The van der Waals surface area contributed by atoms with Gasteiger partial charge in [-0.15, -0.1) is 0 Å². The number of unbranched alkanes of at least 4 members (excludes halogenated alkanes) is 1. The van der Waals surface area contributed by atoms with E-state index in [1.807, 2.05) is 30.3 Å². The van der Waals surface area contributed by atoms with Crippen LogP contribution in [0.5, 0.6) is 5.75 Å². The summed E-state index contributed by atoms with van der Waals surface area (Å²) in [5.74, 6) is 0.916. The van der Waals surface area contributed by atoms with E-state index in [0.29, 0.717) is 44.0 Å². The van der Waals surface area contributed by atoms with E-state index in [1.54, 1.807) is 41.1 Å². The number of benzene rings is 2. The van der Waals surface area contributed by atoms with Gasteiger partial charge in [0.1, 0.15) is 11.6 Å². The number of nitrogens with one attached hydrogen (secondary N) is 1. The fourth-order valence-electron chi connectivity index (χ4n) is 3.62. The molecular weight excluding hydrogens is 501 g/mol. The zero-order chi connectivity index (χ0) is 26.3. The Balaban J connectivity index is 1.40. The molecule has 1 saturated heterocycles. The Morgan fingerprint density at radius 1 is 1.03 bits per heavy atom. The van der Waals surface area contributed by atoms with E-state index in [0.717, 1.165) is 29.6 Å². The van der Waals surface area contributed by atoms with E-state index in [-0.39, 0.29) is 11.8 Å². The lowest BCUT2D eigenvalue weighted by atomic mass is 10.2. The van der Waals surface area contributed by atoms with Gasteiger partial charge < -0.3 is 15.0 Å². The van der Waals surface area contributed by atoms with Gasteiger partial charge in [0.2, 0.25) is 5.95 Å². The third-order valence-electron chi connectivity index (χ3n) is 5.64. The van der Waals surface area contributed by atoms with Crippen LogP contribution >= 0.6 is 11.9 Å². The molecule has 1 fully saturated rings. The zero-order valence-corrected chi connectivity index (χ0v) is 21.1. The molecule has 0 amide bonds. The number of hydrogen-bond donors (Lipinski definition) is 1. The maximum atomic E-state index is 13.6. The second-order valence-electron chi connectivity index (χ2n) is 8.43. The summed E-state index contributed by atoms with van der Waals surface area (Å²) >= 11 is 1.61. The Morgan fingerprint density at radius 2 is 1.73 bits per heavy atom. The molecule has 2 heterocycles. The maximum absolute atomic E-state index is 13.6. The molecule has 0 aliphatic carbocycles. The van der Waals surface area contributed by atoms with E-state index in [4.69, 9.17) is 10.00 Å². The molecule has 37 heavy (non-hydrogen) atoms. The second-order valence-corrected chi connectivity index (χ2v) is 9.60. The van der Waals surface area contributed by atoms with E-state index in [1.165, 1.54) is 0 Å². The highest BCUT2D eigenvalue weighted by atomic mass is 32.2. The minimum absolute atomic E-state index is 0.0317. The predicted octanol–water partition coefficient (Wildman–Crippen LogP) is 6.12. The van der Waals surface area contributed by atoms with Gasteiger partial charge in [0.15, 0.2) is 5.69 Å². The van der Waals surface area contributed by atoms with Gasteiger partial charge in [0.25, 0.3) is 0 Å². The van der Waals surface area contributed by atoms with Crippen molar-refractivity contribution >= 4 is 29.4 Å². The predicted molar refractivity (Wildman–Crippen MR) is 138 cm³/mol. The number of rotatable bonds is 9. The summed E-state index contributed by atoms with van der Waals surface area (Å²) in [6, 6.07) is 17.2. The van der Waals surface area contributed by atoms with Crippen molar-refractivity contribution in [1.29, 1.82) is 5.26 Å². The Kier molecular flexibility index (Phi) is 8.74. The zero-order valence-electron chi connectivity index (χ0n) is 20.3. The van der Waals surface area contributed by atoms with Crippen molar-refractivity contribution in [2.45, 2.75) is 30.8 Å². The fraction of sp³-hybridized carbons (Fsp3) is 0.346. The van der Waals surface area contributed by atoms with Crippen molar-refractivity contribution in [3.63, 3.8) is 0 Å². The highest BCUT2D eigenvalue weighted by molar-refractivity contribution is 7.97. The van der Waals surface area contributed by atoms with Crippen molar-refractivity contribution in [2.24, 2.45) is 0 Å². The van der Waals surface area contributed by atoms with Gasteiger partial charge >= 0.3 is 6.18 Å². The van der Waals surface area contributed by atoms with Crippen LogP contribution in [0.15, 0.2) is 59.5 Å². The molecule has 0 radical (unpaired) electrons. The minimum atomic E-state index is -4.61. The highest BCUT2D eigenvalue weighted by Gasteiger charge is 2.34. The van der Waals surface area contributed by atoms with Crippen molar-refractivity contribution in [3.05, 3.63) is 65.9 Å². The Labute approximate surface area is 218 Å². The molecule has 0 saturated carbocycles. The van der Waals surface area contributed by atoms with Crippen molar-refractivity contribution in [1.82, 2.24) is 14.3 Å². The van der Waals surface area contributed by atoms with Crippen LogP contribution in [-0.2, 0) is 6.18 Å². The summed E-state index contributed by atoms with van der Waals surface area (Å²) in [6.45, 7) is 5.07. The first-order valence-corrected chi connectivity index (χ1v) is 12.8. The molecule has 3 aromatic rings. The quantitative estimate of drug-likeness (QED) is 0.263. The SMILES string of the molecule is CCCCOc1ccc(SN2CCN(c3nc(Nc4ccc(C#N)cc4)cc(C(F)(F)F)n3)CC2)cc1. The topological polar surface area (TPSA) is 77.3 Å². The number of piperazine rings is 1. The third kappa shape index (κ3) is 7.50. The molecule has 1 aliphatic rings. The van der Waals surface area contributed by atoms with Crippen molar-refractivity contribution < 1.29 is 17.9 Å². The molecule has 7 nitrogen and oxygen atoms in total. The second kappa shape index (κ2) is 12.2. The van der Waals surface area contributed by atoms with Gasteiger partial charge in [0, 0.05) is 42.8 Å². The summed E-state index contributed by atoms with van der Waals surface area (Å²) in [5.41, 5.74) is -0.0247. The summed E-state index contributed by atoms with van der Waals surface area (Å²) in [4.78, 5) is 11.0. The number of alkyl halides is 3. The van der Waals surface area contributed by atoms with Crippen LogP contribution in [0.25, 0.3) is 0 Å². The van der Waals surface area contributed by atoms with Crippen LogP contribution in [0.4, 0.5) is 30.6 Å². The largest absolute Gasteiger partial charge is 0.494 e. The molecule has 0 unspecified atom stereocenters. The lowest BCUT2D eigenvalue weighted by molar-refractivity contribution is -0.141. The molecule has 1 aromatic heterocycles. The number of anilines is 3. The first kappa shape index (κ1) is 26.6. The number of aromatic nitrogens is 2. The first-order valence-electron chi connectivity index (χ1n) is 12.0. The molecule has 0 atom stereocenters. The van der Waals surface area contributed by atoms with E-state index >= 15 is 0 Å². The van der Waals surface area contributed by atoms with Gasteiger partial charge in [-0.3, -0.25) is 0 Å². The molecule has 2 aromatic carbocycles. The van der Waals surface area contributed by atoms with Crippen molar-refractivity contribution in [2.75, 3.05) is 43.0 Å². The van der Waals surface area contributed by atoms with Gasteiger partial charge in [-0.1, -0.05) is 13.3 Å². The average molecular weight is 529 g/mol. The van der Waals surface area contributed by atoms with E-state index in [2.05, 4.69) is 26.5 Å². The van der Waals surface area contributed by atoms with Gasteiger partial charge in [-0.25, -0.2) is 9.29 Å². The summed E-state index contributed by atoms with van der Waals surface area (Å²) in [5, 5.41) is 11.8. The normalized spacial score (nSPS) is 14.3. The lowest BCUT2D eigenvalue weighted by Crippen LogP contribution is -2.44. The fourth-order valence-corrected chi connectivity index (χ4v) is 4.52. The lowest BCUT2D eigenvalue weighted by Gasteiger charge is -2.34. The minimum Gasteiger partial charge on any atom is -0.494 e. The number of nitriles is 1. The van der Waals surface area contributed by atoms with Crippen LogP contribution in [0, 0.1) is 11.3 Å². The van der Waals surface area contributed by atoms with E-state index < -0.39 is 11.9 Å². The molecule has 194 valence electrons. The standard InChI is InChI=1S/C26H27F3N6OS/c1-2-3-16-36-21-8-10-22(11-9-21)37-35-14-12-34(13-15-35)25-32-23(26(27,28)29)17-24(33-25)31-20-6-4-19(18-30)5-7-20/h4-11,17H,2-3,12-16H2,1H3,(H,31,32,33). The molecular formula is C26H27F3N6OS.